The summed E-state index contributed by atoms with van der Waals surface area (Å²) in [6.07, 6.45) is 0.800. The number of carbonyl (C=O) groups excluding carboxylic acids is 2. The first-order valence-electron chi connectivity index (χ1n) is 9.43. The Labute approximate surface area is 166 Å². The fraction of sp³-hybridized carbons (Fsp3) is 0.429. The molecule has 0 radical (unpaired) electrons. The highest BCUT2D eigenvalue weighted by molar-refractivity contribution is 7.09. The van der Waals surface area contributed by atoms with Gasteiger partial charge >= 0.3 is 6.03 Å². The summed E-state index contributed by atoms with van der Waals surface area (Å²) in [5.74, 6) is -0.0428. The molecule has 6 heteroatoms. The summed E-state index contributed by atoms with van der Waals surface area (Å²) >= 11 is 1.64. The zero-order chi connectivity index (χ0) is 19.6. The van der Waals surface area contributed by atoms with Crippen LogP contribution in [0.3, 0.4) is 0 Å². The third kappa shape index (κ3) is 6.40. The Morgan fingerprint density at radius 3 is 2.41 bits per heavy atom. The number of nitrogens with zero attached hydrogens (tertiary/aromatic N) is 2. The minimum Gasteiger partial charge on any atom is -0.338 e. The van der Waals surface area contributed by atoms with Gasteiger partial charge in [0.15, 0.2) is 0 Å². The van der Waals surface area contributed by atoms with Crippen molar-refractivity contribution >= 4 is 23.3 Å². The Morgan fingerprint density at radius 2 is 1.81 bits per heavy atom. The number of thiophene rings is 1. The van der Waals surface area contributed by atoms with Gasteiger partial charge in [0.2, 0.25) is 5.91 Å². The average Bonchev–Trinajstić information content (AvgIpc) is 3.19. The van der Waals surface area contributed by atoms with E-state index in [9.17, 15) is 9.59 Å². The second kappa shape index (κ2) is 10.7. The Morgan fingerprint density at radius 1 is 1.07 bits per heavy atom. The number of amides is 3. The quantitative estimate of drug-likeness (QED) is 0.704. The predicted octanol–water partition coefficient (Wildman–Crippen LogP) is 4.11. The van der Waals surface area contributed by atoms with Crippen LogP contribution in [0.15, 0.2) is 47.8 Å². The molecule has 0 aliphatic rings. The molecular weight excluding hydrogens is 358 g/mol. The molecule has 2 rings (SSSR count). The van der Waals surface area contributed by atoms with E-state index in [1.807, 2.05) is 73.5 Å². The third-order valence-electron chi connectivity index (χ3n) is 4.51. The zero-order valence-electron chi connectivity index (χ0n) is 16.4. The highest BCUT2D eigenvalue weighted by atomic mass is 32.1. The summed E-state index contributed by atoms with van der Waals surface area (Å²) in [4.78, 5) is 30.1. The van der Waals surface area contributed by atoms with Gasteiger partial charge < -0.3 is 15.1 Å². The monoisotopic (exact) mass is 387 g/mol. The minimum absolute atomic E-state index is 0.000753. The van der Waals surface area contributed by atoms with E-state index in [1.54, 1.807) is 16.2 Å². The molecule has 0 unspecified atom stereocenters. The molecule has 3 amide bonds. The number of nitrogens with one attached hydrogen (secondary N) is 1. The molecule has 0 saturated carbocycles. The lowest BCUT2D eigenvalue weighted by molar-refractivity contribution is -0.133. The largest absolute Gasteiger partial charge is 0.338 e. The smallest absolute Gasteiger partial charge is 0.318 e. The summed E-state index contributed by atoms with van der Waals surface area (Å²) in [6, 6.07) is 13.8. The van der Waals surface area contributed by atoms with Gasteiger partial charge in [-0.25, -0.2) is 4.79 Å². The molecule has 5 nitrogen and oxygen atoms in total. The van der Waals surface area contributed by atoms with Gasteiger partial charge in [-0.05, 0) is 37.3 Å². The van der Waals surface area contributed by atoms with E-state index in [0.29, 0.717) is 19.6 Å². The van der Waals surface area contributed by atoms with Gasteiger partial charge in [-0.15, -0.1) is 11.3 Å². The lowest BCUT2D eigenvalue weighted by Gasteiger charge is -2.31. The van der Waals surface area contributed by atoms with Gasteiger partial charge in [0.1, 0.15) is 6.54 Å². The van der Waals surface area contributed by atoms with Crippen molar-refractivity contribution in [2.24, 2.45) is 0 Å². The van der Waals surface area contributed by atoms with Crippen molar-refractivity contribution in [1.29, 1.82) is 0 Å². The Balaban J connectivity index is 2.16. The Hall–Kier alpha value is -2.34. The summed E-state index contributed by atoms with van der Waals surface area (Å²) < 4.78 is 0. The molecule has 1 heterocycles. The number of hydrogen-bond donors (Lipinski definition) is 1. The molecule has 1 aromatic heterocycles. The molecule has 27 heavy (non-hydrogen) atoms. The number of benzene rings is 1. The zero-order valence-corrected chi connectivity index (χ0v) is 17.2. The van der Waals surface area contributed by atoms with E-state index >= 15 is 0 Å². The molecular formula is C21H29N3O2S. The van der Waals surface area contributed by atoms with E-state index in [2.05, 4.69) is 5.32 Å². The van der Waals surface area contributed by atoms with Crippen molar-refractivity contribution in [1.82, 2.24) is 15.1 Å². The Bertz CT molecular complexity index is 703. The lowest BCUT2D eigenvalue weighted by Crippen LogP contribution is -2.50. The van der Waals surface area contributed by atoms with Gasteiger partial charge in [0.25, 0.3) is 0 Å². The van der Waals surface area contributed by atoms with Gasteiger partial charge in [-0.2, -0.15) is 0 Å². The average molecular weight is 388 g/mol. The normalized spacial score (nSPS) is 11.7. The van der Waals surface area contributed by atoms with Crippen molar-refractivity contribution in [3.8, 4) is 0 Å². The van der Waals surface area contributed by atoms with E-state index in [0.717, 1.165) is 16.9 Å². The Kier molecular flexibility index (Phi) is 8.33. The van der Waals surface area contributed by atoms with Crippen LogP contribution in [0, 0.1) is 0 Å². The van der Waals surface area contributed by atoms with Crippen LogP contribution in [0.1, 0.15) is 37.6 Å². The maximum Gasteiger partial charge on any atom is 0.318 e. The molecule has 0 bridgehead atoms. The second-order valence-electron chi connectivity index (χ2n) is 6.54. The first kappa shape index (κ1) is 21.0. The van der Waals surface area contributed by atoms with E-state index < -0.39 is 0 Å². The van der Waals surface area contributed by atoms with Crippen molar-refractivity contribution < 1.29 is 9.59 Å². The first-order chi connectivity index (χ1) is 13.0. The number of hydrogen-bond acceptors (Lipinski definition) is 3. The molecule has 146 valence electrons. The summed E-state index contributed by atoms with van der Waals surface area (Å²) in [5, 5.41) is 4.83. The van der Waals surface area contributed by atoms with Crippen LogP contribution >= 0.6 is 11.3 Å². The molecule has 0 fully saturated rings. The predicted molar refractivity (Wildman–Crippen MR) is 111 cm³/mol. The summed E-state index contributed by atoms with van der Waals surface area (Å²) in [7, 11) is 0. The SMILES string of the molecule is CCNC(=O)N(CC(=O)N(Cc1ccccc1)Cc1cccs1)[C@H](C)CC. The lowest BCUT2D eigenvalue weighted by atomic mass is 10.2. The molecule has 1 aromatic carbocycles. The summed E-state index contributed by atoms with van der Waals surface area (Å²) in [5.41, 5.74) is 1.08. The summed E-state index contributed by atoms with van der Waals surface area (Å²) in [6.45, 7) is 7.59. The van der Waals surface area contributed by atoms with Crippen LogP contribution < -0.4 is 5.32 Å². The van der Waals surface area contributed by atoms with Crippen LogP contribution in [0.2, 0.25) is 0 Å². The van der Waals surface area contributed by atoms with Crippen molar-refractivity contribution in [2.45, 2.75) is 46.3 Å². The second-order valence-corrected chi connectivity index (χ2v) is 7.57. The molecule has 0 aliphatic carbocycles. The molecule has 0 aliphatic heterocycles. The highest BCUT2D eigenvalue weighted by Crippen LogP contribution is 2.16. The molecule has 0 spiro atoms. The van der Waals surface area contributed by atoms with Gasteiger partial charge in [0.05, 0.1) is 6.54 Å². The van der Waals surface area contributed by atoms with E-state index in [4.69, 9.17) is 0 Å². The number of rotatable bonds is 9. The fourth-order valence-corrected chi connectivity index (χ4v) is 3.49. The van der Waals surface area contributed by atoms with Crippen LogP contribution in [0.25, 0.3) is 0 Å². The minimum atomic E-state index is -0.184. The topological polar surface area (TPSA) is 52.7 Å². The van der Waals surface area contributed by atoms with Crippen LogP contribution in [0.5, 0.6) is 0 Å². The van der Waals surface area contributed by atoms with E-state index in [-0.39, 0.29) is 24.5 Å². The van der Waals surface area contributed by atoms with Crippen molar-refractivity contribution in [3.05, 3.63) is 58.3 Å². The molecule has 1 atom stereocenters. The molecule has 2 aromatic rings. The maximum absolute atomic E-state index is 13.1. The molecule has 0 saturated heterocycles. The molecule has 1 N–H and O–H groups in total. The van der Waals surface area contributed by atoms with Crippen LogP contribution in [0.4, 0.5) is 4.79 Å². The third-order valence-corrected chi connectivity index (χ3v) is 5.37. The van der Waals surface area contributed by atoms with Gasteiger partial charge in [-0.1, -0.05) is 43.3 Å². The van der Waals surface area contributed by atoms with Crippen LogP contribution in [-0.4, -0.2) is 40.9 Å². The van der Waals surface area contributed by atoms with Gasteiger partial charge in [-0.3, -0.25) is 4.79 Å². The van der Waals surface area contributed by atoms with Crippen LogP contribution in [-0.2, 0) is 17.9 Å². The van der Waals surface area contributed by atoms with Crippen molar-refractivity contribution in [3.63, 3.8) is 0 Å². The standard InChI is InChI=1S/C21H29N3O2S/c1-4-17(3)24(21(26)22-5-2)16-20(25)23(15-19-12-9-13-27-19)14-18-10-7-6-8-11-18/h6-13,17H,4-5,14-16H2,1-3H3,(H,22,26)/t17-/m1/s1. The first-order valence-corrected chi connectivity index (χ1v) is 10.3. The highest BCUT2D eigenvalue weighted by Gasteiger charge is 2.24. The fourth-order valence-electron chi connectivity index (χ4n) is 2.77. The van der Waals surface area contributed by atoms with E-state index in [1.165, 1.54) is 0 Å². The number of urea groups is 1. The maximum atomic E-state index is 13.1. The van der Waals surface area contributed by atoms with Gasteiger partial charge in [0, 0.05) is 24.0 Å². The number of carbonyl (C=O) groups is 2. The van der Waals surface area contributed by atoms with Crippen molar-refractivity contribution in [2.75, 3.05) is 13.1 Å².